The second-order valence-electron chi connectivity index (χ2n) is 3.73. The summed E-state index contributed by atoms with van der Waals surface area (Å²) in [4.78, 5) is 23.7. The Bertz CT molecular complexity index is 740. The predicted molar refractivity (Wildman–Crippen MR) is 57.7 cm³/mol. The van der Waals surface area contributed by atoms with E-state index in [1.54, 1.807) is 0 Å². The van der Waals surface area contributed by atoms with Gasteiger partial charge < -0.3 is 4.98 Å². The summed E-state index contributed by atoms with van der Waals surface area (Å²) in [5.74, 6) is -10.8. The molecule has 2 rings (SSSR count). The van der Waals surface area contributed by atoms with Crippen LogP contribution in [0.2, 0.25) is 0 Å². The SMILES string of the molecule is O=Cc1cc(=O)[nH]cc1-c1c(F)c(F)c(F)c(F)c1F. The van der Waals surface area contributed by atoms with Gasteiger partial charge in [0.1, 0.15) is 0 Å². The highest BCUT2D eigenvalue weighted by Crippen LogP contribution is 2.32. The van der Waals surface area contributed by atoms with Crippen LogP contribution in [0, 0.1) is 29.1 Å². The fraction of sp³-hybridized carbons (Fsp3) is 0. The van der Waals surface area contributed by atoms with Crippen molar-refractivity contribution < 1.29 is 26.7 Å². The van der Waals surface area contributed by atoms with E-state index >= 15 is 0 Å². The topological polar surface area (TPSA) is 49.9 Å². The molecule has 2 aromatic rings. The average Bonchev–Trinajstić information content (AvgIpc) is 2.44. The smallest absolute Gasteiger partial charge is 0.248 e. The molecule has 0 amide bonds. The van der Waals surface area contributed by atoms with Crippen LogP contribution in [0.5, 0.6) is 0 Å². The first kappa shape index (κ1) is 13.9. The number of pyridine rings is 1. The van der Waals surface area contributed by atoms with E-state index in [0.29, 0.717) is 12.3 Å². The van der Waals surface area contributed by atoms with Crippen LogP contribution in [0.4, 0.5) is 22.0 Å². The molecule has 0 unspecified atom stereocenters. The van der Waals surface area contributed by atoms with Crippen molar-refractivity contribution in [2.45, 2.75) is 0 Å². The molecular weight excluding hydrogens is 285 g/mol. The Morgan fingerprint density at radius 1 is 0.900 bits per heavy atom. The lowest BCUT2D eigenvalue weighted by molar-refractivity contribution is 0.112. The Labute approximate surface area is 107 Å². The Morgan fingerprint density at radius 2 is 1.40 bits per heavy atom. The van der Waals surface area contributed by atoms with Crippen LogP contribution in [-0.4, -0.2) is 11.3 Å². The van der Waals surface area contributed by atoms with Crippen molar-refractivity contribution in [2.24, 2.45) is 0 Å². The monoisotopic (exact) mass is 289 g/mol. The Kier molecular flexibility index (Phi) is 3.39. The van der Waals surface area contributed by atoms with Gasteiger partial charge in [-0.15, -0.1) is 0 Å². The zero-order chi connectivity index (χ0) is 15.0. The minimum Gasteiger partial charge on any atom is -0.328 e. The molecule has 0 bridgehead atoms. The molecule has 0 fully saturated rings. The van der Waals surface area contributed by atoms with E-state index in [0.717, 1.165) is 0 Å². The molecule has 0 aliphatic carbocycles. The maximum absolute atomic E-state index is 13.6. The number of H-pyrrole nitrogens is 1. The number of aromatic nitrogens is 1. The number of aldehydes is 1. The Hall–Kier alpha value is -2.51. The summed E-state index contributed by atoms with van der Waals surface area (Å²) in [6, 6.07) is 0.681. The van der Waals surface area contributed by atoms with Gasteiger partial charge in [0.05, 0.1) is 5.56 Å². The summed E-state index contributed by atoms with van der Waals surface area (Å²) in [5.41, 5.74) is -3.15. The fourth-order valence-electron chi connectivity index (χ4n) is 1.64. The van der Waals surface area contributed by atoms with Gasteiger partial charge >= 0.3 is 0 Å². The molecule has 1 aromatic heterocycles. The first-order chi connectivity index (χ1) is 9.38. The van der Waals surface area contributed by atoms with Crippen LogP contribution >= 0.6 is 0 Å². The van der Waals surface area contributed by atoms with Gasteiger partial charge in [-0.3, -0.25) is 9.59 Å². The normalized spacial score (nSPS) is 10.7. The standard InChI is InChI=1S/C12H4F5NO2/c13-8-7(9(14)11(16)12(17)10(8)15)5-2-18-6(20)1-4(5)3-19/h1-3H,(H,18,20). The van der Waals surface area contributed by atoms with Crippen LogP contribution in [0.1, 0.15) is 10.4 Å². The third-order valence-corrected chi connectivity index (χ3v) is 2.56. The third-order valence-electron chi connectivity index (χ3n) is 2.56. The number of hydrogen-bond donors (Lipinski definition) is 1. The summed E-state index contributed by atoms with van der Waals surface area (Å²) in [6.07, 6.45) is 0.771. The van der Waals surface area contributed by atoms with Gasteiger partial charge in [0.25, 0.3) is 0 Å². The van der Waals surface area contributed by atoms with Gasteiger partial charge in [0, 0.05) is 23.4 Å². The van der Waals surface area contributed by atoms with Crippen LogP contribution in [-0.2, 0) is 0 Å². The molecule has 1 heterocycles. The van der Waals surface area contributed by atoms with Crippen molar-refractivity contribution in [1.82, 2.24) is 4.98 Å². The first-order valence-electron chi connectivity index (χ1n) is 5.08. The molecule has 1 N–H and O–H groups in total. The lowest BCUT2D eigenvalue weighted by atomic mass is 10.0. The highest BCUT2D eigenvalue weighted by Gasteiger charge is 2.27. The van der Waals surface area contributed by atoms with E-state index in [1.165, 1.54) is 0 Å². The number of benzene rings is 1. The van der Waals surface area contributed by atoms with E-state index in [4.69, 9.17) is 0 Å². The summed E-state index contributed by atoms with van der Waals surface area (Å²) in [7, 11) is 0. The molecule has 0 spiro atoms. The number of hydrogen-bond acceptors (Lipinski definition) is 2. The molecule has 0 atom stereocenters. The lowest BCUT2D eigenvalue weighted by Crippen LogP contribution is -2.10. The van der Waals surface area contributed by atoms with E-state index in [-0.39, 0.29) is 6.29 Å². The average molecular weight is 289 g/mol. The number of carbonyl (C=O) groups excluding carboxylic acids is 1. The van der Waals surface area contributed by atoms with Crippen LogP contribution in [0.25, 0.3) is 11.1 Å². The summed E-state index contributed by atoms with van der Waals surface area (Å²) in [6.45, 7) is 0. The lowest BCUT2D eigenvalue weighted by Gasteiger charge is -2.09. The van der Waals surface area contributed by atoms with E-state index in [9.17, 15) is 31.5 Å². The van der Waals surface area contributed by atoms with Gasteiger partial charge in [-0.1, -0.05) is 0 Å². The largest absolute Gasteiger partial charge is 0.328 e. The maximum atomic E-state index is 13.6. The van der Waals surface area contributed by atoms with Crippen molar-refractivity contribution in [3.05, 3.63) is 57.3 Å². The van der Waals surface area contributed by atoms with Crippen molar-refractivity contribution in [3.63, 3.8) is 0 Å². The molecule has 8 heteroatoms. The van der Waals surface area contributed by atoms with Crippen molar-refractivity contribution in [1.29, 1.82) is 0 Å². The minimum absolute atomic E-state index is 0.0720. The van der Waals surface area contributed by atoms with Crippen LogP contribution in [0.15, 0.2) is 17.1 Å². The van der Waals surface area contributed by atoms with Crippen molar-refractivity contribution in [2.75, 3.05) is 0 Å². The molecule has 0 aliphatic rings. The molecule has 3 nitrogen and oxygen atoms in total. The van der Waals surface area contributed by atoms with E-state index in [2.05, 4.69) is 0 Å². The number of aromatic amines is 1. The van der Waals surface area contributed by atoms with E-state index in [1.807, 2.05) is 4.98 Å². The second kappa shape index (κ2) is 4.87. The molecule has 0 aliphatic heterocycles. The highest BCUT2D eigenvalue weighted by atomic mass is 19.2. The number of nitrogens with one attached hydrogen (secondary N) is 1. The fourth-order valence-corrected chi connectivity index (χ4v) is 1.64. The number of halogens is 5. The molecule has 0 saturated carbocycles. The third kappa shape index (κ3) is 1.98. The van der Waals surface area contributed by atoms with E-state index < -0.39 is 51.3 Å². The molecule has 1 aromatic carbocycles. The van der Waals surface area contributed by atoms with Crippen LogP contribution in [0.3, 0.4) is 0 Å². The van der Waals surface area contributed by atoms with Gasteiger partial charge in [-0.05, 0) is 0 Å². The van der Waals surface area contributed by atoms with Crippen molar-refractivity contribution in [3.8, 4) is 11.1 Å². The Balaban J connectivity index is 2.90. The zero-order valence-electron chi connectivity index (χ0n) is 9.44. The second-order valence-corrected chi connectivity index (χ2v) is 3.73. The first-order valence-corrected chi connectivity index (χ1v) is 5.08. The number of rotatable bonds is 2. The van der Waals surface area contributed by atoms with Gasteiger partial charge in [0.15, 0.2) is 29.6 Å². The van der Waals surface area contributed by atoms with Crippen LogP contribution < -0.4 is 5.56 Å². The van der Waals surface area contributed by atoms with Gasteiger partial charge in [-0.25, -0.2) is 22.0 Å². The molecule has 104 valence electrons. The molecular formula is C12H4F5NO2. The highest BCUT2D eigenvalue weighted by molar-refractivity contribution is 5.87. The van der Waals surface area contributed by atoms with Gasteiger partial charge in [-0.2, -0.15) is 0 Å². The molecule has 0 saturated heterocycles. The molecule has 0 radical (unpaired) electrons. The zero-order valence-corrected chi connectivity index (χ0v) is 9.44. The predicted octanol–water partition coefficient (Wildman–Crippen LogP) is 2.55. The summed E-state index contributed by atoms with van der Waals surface area (Å²) >= 11 is 0. The van der Waals surface area contributed by atoms with Gasteiger partial charge in [0.2, 0.25) is 11.4 Å². The number of carbonyl (C=O) groups is 1. The maximum Gasteiger partial charge on any atom is 0.248 e. The summed E-state index contributed by atoms with van der Waals surface area (Å²) in [5, 5.41) is 0. The quantitative estimate of drug-likeness (QED) is 0.400. The Morgan fingerprint density at radius 3 is 1.90 bits per heavy atom. The van der Waals surface area contributed by atoms with Crippen molar-refractivity contribution >= 4 is 6.29 Å². The molecule has 20 heavy (non-hydrogen) atoms. The minimum atomic E-state index is -2.30. The summed E-state index contributed by atoms with van der Waals surface area (Å²) < 4.78 is 66.2.